The summed E-state index contributed by atoms with van der Waals surface area (Å²) in [4.78, 5) is 60.8. The van der Waals surface area contributed by atoms with Gasteiger partial charge in [0.2, 0.25) is 5.91 Å². The van der Waals surface area contributed by atoms with Gasteiger partial charge in [-0.1, -0.05) is 18.2 Å². The zero-order valence-electron chi connectivity index (χ0n) is 20.2. The number of hydrogen-bond donors (Lipinski definition) is 2. The molecule has 1 saturated heterocycles. The van der Waals surface area contributed by atoms with E-state index in [1.807, 2.05) is 30.3 Å². The van der Waals surface area contributed by atoms with E-state index in [0.717, 1.165) is 11.1 Å². The van der Waals surface area contributed by atoms with E-state index in [0.29, 0.717) is 41.1 Å². The monoisotopic (exact) mass is 497 g/mol. The Morgan fingerprint density at radius 3 is 2.43 bits per heavy atom. The summed E-state index contributed by atoms with van der Waals surface area (Å²) in [5.41, 5.74) is 2.85. The van der Waals surface area contributed by atoms with Crippen LogP contribution in [0.3, 0.4) is 0 Å². The molecule has 0 saturated carbocycles. The van der Waals surface area contributed by atoms with Gasteiger partial charge >= 0.3 is 11.7 Å². The van der Waals surface area contributed by atoms with E-state index in [1.54, 1.807) is 38.5 Å². The van der Waals surface area contributed by atoms with Crippen LogP contribution >= 0.6 is 0 Å². The Kier molecular flexibility index (Phi) is 4.97. The molecule has 4 aromatic rings. The van der Waals surface area contributed by atoms with Crippen LogP contribution in [0.15, 0.2) is 59.7 Å². The Hall–Kier alpha value is -4.80. The summed E-state index contributed by atoms with van der Waals surface area (Å²) in [5.74, 6) is -0.0905. The van der Waals surface area contributed by atoms with Gasteiger partial charge in [-0.3, -0.25) is 24.0 Å². The minimum absolute atomic E-state index is 0.195. The van der Waals surface area contributed by atoms with Crippen molar-refractivity contribution in [1.82, 2.24) is 29.3 Å². The van der Waals surface area contributed by atoms with Gasteiger partial charge in [0.25, 0.3) is 5.91 Å². The van der Waals surface area contributed by atoms with Crippen molar-refractivity contribution in [1.29, 1.82) is 0 Å². The number of aromatic nitrogens is 4. The Bertz CT molecular complexity index is 1670. The van der Waals surface area contributed by atoms with Crippen molar-refractivity contribution in [2.24, 2.45) is 0 Å². The first-order valence-corrected chi connectivity index (χ1v) is 11.8. The second-order valence-electron chi connectivity index (χ2n) is 9.42. The number of aryl methyl sites for hydroxylation is 1. The molecule has 2 aliphatic rings. The van der Waals surface area contributed by atoms with E-state index >= 15 is 0 Å². The first-order chi connectivity index (χ1) is 17.8. The number of carbonyl (C=O) groups excluding carboxylic acids is 3. The number of anilines is 1. The molecule has 1 unspecified atom stereocenters. The van der Waals surface area contributed by atoms with Gasteiger partial charge in [-0.05, 0) is 42.3 Å². The molecule has 1 aliphatic carbocycles. The molecule has 1 spiro atoms. The Balaban J connectivity index is 1.26. The van der Waals surface area contributed by atoms with Crippen LogP contribution in [0.2, 0.25) is 0 Å². The number of hydrogen-bond acceptors (Lipinski definition) is 6. The van der Waals surface area contributed by atoms with Gasteiger partial charge in [0, 0.05) is 25.6 Å². The highest BCUT2D eigenvalue weighted by Gasteiger charge is 2.54. The molecule has 1 aliphatic heterocycles. The number of benzene rings is 2. The lowest BCUT2D eigenvalue weighted by atomic mass is 9.95. The zero-order valence-corrected chi connectivity index (χ0v) is 20.2. The van der Waals surface area contributed by atoms with Crippen LogP contribution in [0, 0.1) is 6.92 Å². The molecule has 4 amide bonds. The van der Waals surface area contributed by atoms with E-state index < -0.39 is 11.6 Å². The summed E-state index contributed by atoms with van der Waals surface area (Å²) in [6, 6.07) is 12.3. The standard InChI is InChI=1S/C26H23N7O4/c1-15-27-12-19(13-28-15)33-21-6-4-3-5-20(21)32(25(33)37)14-22(34)29-18-8-7-16-10-26(11-17(16)9-18)23(35)30-24(36)31(26)2/h3-9,12-13H,10-11,14H2,1-2H3,(H,29,34)(H,30,35,36). The van der Waals surface area contributed by atoms with E-state index in [-0.39, 0.29) is 24.0 Å². The summed E-state index contributed by atoms with van der Waals surface area (Å²) in [7, 11) is 1.62. The molecule has 1 atom stereocenters. The number of imidazole rings is 1. The molecule has 11 heteroatoms. The van der Waals surface area contributed by atoms with Crippen molar-refractivity contribution in [3.8, 4) is 5.69 Å². The second-order valence-corrected chi connectivity index (χ2v) is 9.42. The van der Waals surface area contributed by atoms with Crippen LogP contribution in [0.5, 0.6) is 0 Å². The molecule has 37 heavy (non-hydrogen) atoms. The topological polar surface area (TPSA) is 131 Å². The predicted octanol–water partition coefficient (Wildman–Crippen LogP) is 1.55. The number of rotatable bonds is 4. The maximum atomic E-state index is 13.4. The SMILES string of the molecule is Cc1ncc(-n2c(=O)n(CC(=O)Nc3ccc4c(c3)CC3(C4)C(=O)NC(=O)N3C)c3ccccc32)cn1. The van der Waals surface area contributed by atoms with Gasteiger partial charge in [0.15, 0.2) is 0 Å². The van der Waals surface area contributed by atoms with Crippen molar-refractivity contribution in [2.45, 2.75) is 31.8 Å². The quantitative estimate of drug-likeness (QED) is 0.412. The normalized spacial score (nSPS) is 18.5. The van der Waals surface area contributed by atoms with E-state index in [1.165, 1.54) is 14.0 Å². The Labute approximate surface area is 210 Å². The summed E-state index contributed by atoms with van der Waals surface area (Å²) in [6.07, 6.45) is 3.94. The highest BCUT2D eigenvalue weighted by Crippen LogP contribution is 2.38. The maximum absolute atomic E-state index is 13.4. The summed E-state index contributed by atoms with van der Waals surface area (Å²) in [5, 5.41) is 5.25. The fraction of sp³-hybridized carbons (Fsp3) is 0.231. The number of para-hydroxylation sites is 2. The van der Waals surface area contributed by atoms with Crippen molar-refractivity contribution < 1.29 is 14.4 Å². The van der Waals surface area contributed by atoms with Gasteiger partial charge in [-0.15, -0.1) is 0 Å². The molecule has 2 aromatic carbocycles. The van der Waals surface area contributed by atoms with Crippen LogP contribution < -0.4 is 16.3 Å². The van der Waals surface area contributed by atoms with Crippen LogP contribution in [-0.2, 0) is 29.0 Å². The number of amides is 4. The lowest BCUT2D eigenvalue weighted by molar-refractivity contribution is -0.125. The smallest absolute Gasteiger partial charge is 0.325 e. The van der Waals surface area contributed by atoms with Crippen LogP contribution in [0.25, 0.3) is 16.7 Å². The summed E-state index contributed by atoms with van der Waals surface area (Å²) < 4.78 is 2.90. The van der Waals surface area contributed by atoms with Crippen molar-refractivity contribution in [3.63, 3.8) is 0 Å². The van der Waals surface area contributed by atoms with Gasteiger partial charge < -0.3 is 10.2 Å². The van der Waals surface area contributed by atoms with Crippen LogP contribution in [-0.4, -0.2) is 54.4 Å². The number of urea groups is 1. The van der Waals surface area contributed by atoms with Crippen LogP contribution in [0.4, 0.5) is 10.5 Å². The molecule has 3 heterocycles. The van der Waals surface area contributed by atoms with Gasteiger partial charge in [0.1, 0.15) is 17.9 Å². The van der Waals surface area contributed by atoms with E-state index in [2.05, 4.69) is 20.6 Å². The van der Waals surface area contributed by atoms with Crippen molar-refractivity contribution in [3.05, 3.63) is 82.3 Å². The second kappa shape index (κ2) is 8.12. The minimum atomic E-state index is -0.934. The fourth-order valence-electron chi connectivity index (χ4n) is 5.23. The van der Waals surface area contributed by atoms with Gasteiger partial charge in [0.05, 0.1) is 29.1 Å². The molecule has 0 radical (unpaired) electrons. The number of likely N-dealkylation sites (N-methyl/N-ethyl adjacent to an activating group) is 1. The van der Waals surface area contributed by atoms with E-state index in [4.69, 9.17) is 0 Å². The van der Waals surface area contributed by atoms with E-state index in [9.17, 15) is 19.2 Å². The summed E-state index contributed by atoms with van der Waals surface area (Å²) >= 11 is 0. The average Bonchev–Trinajstić information content (AvgIpc) is 3.46. The lowest BCUT2D eigenvalue weighted by Gasteiger charge is -2.27. The number of nitrogens with zero attached hydrogens (tertiary/aromatic N) is 5. The van der Waals surface area contributed by atoms with Crippen molar-refractivity contribution >= 4 is 34.6 Å². The molecular formula is C26H23N7O4. The van der Waals surface area contributed by atoms with Gasteiger partial charge in [-0.25, -0.2) is 19.6 Å². The third-order valence-corrected chi connectivity index (χ3v) is 7.21. The van der Waals surface area contributed by atoms with Crippen LogP contribution in [0.1, 0.15) is 17.0 Å². The molecule has 2 N–H and O–H groups in total. The molecule has 6 rings (SSSR count). The summed E-state index contributed by atoms with van der Waals surface area (Å²) in [6.45, 7) is 1.57. The molecule has 2 aromatic heterocycles. The highest BCUT2D eigenvalue weighted by atomic mass is 16.2. The predicted molar refractivity (Wildman–Crippen MR) is 134 cm³/mol. The third kappa shape index (κ3) is 3.50. The number of carbonyl (C=O) groups is 3. The lowest BCUT2D eigenvalue weighted by Crippen LogP contribution is -2.48. The number of fused-ring (bicyclic) bond motifs is 2. The largest absolute Gasteiger partial charge is 0.334 e. The maximum Gasteiger partial charge on any atom is 0.334 e. The average molecular weight is 498 g/mol. The molecule has 1 fully saturated rings. The Morgan fingerprint density at radius 1 is 1.03 bits per heavy atom. The number of imide groups is 1. The number of nitrogens with one attached hydrogen (secondary N) is 2. The Morgan fingerprint density at radius 2 is 1.73 bits per heavy atom. The minimum Gasteiger partial charge on any atom is -0.325 e. The zero-order chi connectivity index (χ0) is 25.9. The van der Waals surface area contributed by atoms with Crippen molar-refractivity contribution in [2.75, 3.05) is 12.4 Å². The fourth-order valence-corrected chi connectivity index (χ4v) is 5.23. The molecule has 11 nitrogen and oxygen atoms in total. The molecular weight excluding hydrogens is 474 g/mol. The third-order valence-electron chi connectivity index (χ3n) is 7.21. The molecule has 186 valence electrons. The van der Waals surface area contributed by atoms with Gasteiger partial charge in [-0.2, -0.15) is 0 Å². The first-order valence-electron chi connectivity index (χ1n) is 11.8. The first kappa shape index (κ1) is 22.7. The molecule has 0 bridgehead atoms. The highest BCUT2D eigenvalue weighted by molar-refractivity contribution is 6.07.